The molecule has 0 saturated heterocycles. The van der Waals surface area contributed by atoms with Crippen LogP contribution in [0, 0.1) is 17.0 Å². The molecule has 9 nitrogen and oxygen atoms in total. The molecule has 0 fully saturated rings. The van der Waals surface area contributed by atoms with E-state index in [0.717, 1.165) is 15.8 Å². The van der Waals surface area contributed by atoms with Crippen LogP contribution in [0.15, 0.2) is 18.5 Å². The Kier molecular flexibility index (Phi) is 4.51. The number of anilines is 1. The van der Waals surface area contributed by atoms with Gasteiger partial charge in [0.05, 0.1) is 17.7 Å². The average Bonchev–Trinajstić information content (AvgIpc) is 3.06. The van der Waals surface area contributed by atoms with Gasteiger partial charge >= 0.3 is 11.7 Å². The zero-order chi connectivity index (χ0) is 16.3. The Balaban J connectivity index is 2.04. The molecule has 2 aromatic rings. The van der Waals surface area contributed by atoms with Gasteiger partial charge in [0.2, 0.25) is 5.91 Å². The third-order valence-electron chi connectivity index (χ3n) is 2.71. The van der Waals surface area contributed by atoms with Crippen LogP contribution in [0.4, 0.5) is 11.4 Å². The zero-order valence-electron chi connectivity index (χ0n) is 11.7. The lowest BCUT2D eigenvalue weighted by Gasteiger charge is -2.03. The van der Waals surface area contributed by atoms with Gasteiger partial charge in [0.25, 0.3) is 0 Å². The highest BCUT2D eigenvalue weighted by Gasteiger charge is 2.15. The van der Waals surface area contributed by atoms with Crippen molar-refractivity contribution >= 4 is 34.6 Å². The van der Waals surface area contributed by atoms with Crippen LogP contribution in [-0.4, -0.2) is 33.7 Å². The summed E-state index contributed by atoms with van der Waals surface area (Å²) in [4.78, 5) is 34.4. The molecule has 0 aromatic carbocycles. The first-order valence-corrected chi connectivity index (χ1v) is 6.88. The molecule has 2 aromatic heterocycles. The van der Waals surface area contributed by atoms with Crippen molar-refractivity contribution in [2.45, 2.75) is 13.5 Å². The first-order valence-electron chi connectivity index (χ1n) is 6.06. The van der Waals surface area contributed by atoms with E-state index >= 15 is 0 Å². The fourth-order valence-corrected chi connectivity index (χ4v) is 2.57. The third kappa shape index (κ3) is 3.47. The minimum Gasteiger partial charge on any atom is -0.465 e. The number of hydrogen-bond acceptors (Lipinski definition) is 7. The molecule has 1 amide bonds. The summed E-state index contributed by atoms with van der Waals surface area (Å²) in [7, 11) is 1.28. The largest absolute Gasteiger partial charge is 0.465 e. The number of methoxy groups -OCH3 is 1. The average molecular weight is 324 g/mol. The number of rotatable bonds is 5. The molecule has 0 radical (unpaired) electrons. The highest BCUT2D eigenvalue weighted by molar-refractivity contribution is 7.14. The van der Waals surface area contributed by atoms with Gasteiger partial charge in [0.15, 0.2) is 0 Å². The number of carbonyl (C=O) groups excluding carboxylic acids is 2. The van der Waals surface area contributed by atoms with E-state index in [0.29, 0.717) is 10.6 Å². The Morgan fingerprint density at radius 3 is 2.86 bits per heavy atom. The zero-order valence-corrected chi connectivity index (χ0v) is 12.5. The molecule has 0 unspecified atom stereocenters. The van der Waals surface area contributed by atoms with Crippen molar-refractivity contribution in [3.05, 3.63) is 38.3 Å². The number of carbonyl (C=O) groups is 2. The Morgan fingerprint density at radius 2 is 2.27 bits per heavy atom. The summed E-state index contributed by atoms with van der Waals surface area (Å²) >= 11 is 1.20. The van der Waals surface area contributed by atoms with Gasteiger partial charge in [-0.25, -0.2) is 4.79 Å². The molecular weight excluding hydrogens is 312 g/mol. The van der Waals surface area contributed by atoms with E-state index in [4.69, 9.17) is 0 Å². The van der Waals surface area contributed by atoms with Gasteiger partial charge in [0, 0.05) is 4.88 Å². The molecule has 0 saturated carbocycles. The van der Waals surface area contributed by atoms with Gasteiger partial charge in [0.1, 0.15) is 23.8 Å². The Hall–Kier alpha value is -2.75. The summed E-state index contributed by atoms with van der Waals surface area (Å²) in [6.45, 7) is 1.59. The second-order valence-electron chi connectivity index (χ2n) is 4.27. The molecule has 0 atom stereocenters. The first-order chi connectivity index (χ1) is 10.4. The van der Waals surface area contributed by atoms with Crippen LogP contribution in [0.5, 0.6) is 0 Å². The topological polar surface area (TPSA) is 116 Å². The molecule has 0 aliphatic heterocycles. The van der Waals surface area contributed by atoms with E-state index < -0.39 is 16.8 Å². The Labute approximate surface area is 128 Å². The van der Waals surface area contributed by atoms with Crippen molar-refractivity contribution in [3.63, 3.8) is 0 Å². The van der Waals surface area contributed by atoms with E-state index in [1.807, 2.05) is 0 Å². The van der Waals surface area contributed by atoms with Crippen molar-refractivity contribution in [1.82, 2.24) is 9.78 Å². The van der Waals surface area contributed by atoms with Crippen LogP contribution in [0.1, 0.15) is 14.5 Å². The SMILES string of the molecule is COC(=O)c1cc(NC(=O)Cn2cc([N+](=O)[O-])cn2)c(C)s1. The van der Waals surface area contributed by atoms with Crippen LogP contribution < -0.4 is 5.32 Å². The number of thiophene rings is 1. The van der Waals surface area contributed by atoms with E-state index in [1.165, 1.54) is 30.7 Å². The number of aromatic nitrogens is 2. The van der Waals surface area contributed by atoms with Crippen LogP contribution in [-0.2, 0) is 16.1 Å². The van der Waals surface area contributed by atoms with E-state index in [1.54, 1.807) is 6.92 Å². The maximum absolute atomic E-state index is 11.9. The number of nitrogens with one attached hydrogen (secondary N) is 1. The second-order valence-corrected chi connectivity index (χ2v) is 5.53. The molecule has 0 aliphatic rings. The summed E-state index contributed by atoms with van der Waals surface area (Å²) in [5.74, 6) is -0.883. The second kappa shape index (κ2) is 6.35. The molecular formula is C12H12N4O5S. The maximum atomic E-state index is 11.9. The standard InChI is InChI=1S/C12H12N4O5S/c1-7-9(3-10(22-7)12(18)21-2)14-11(17)6-15-5-8(4-13-15)16(19)20/h3-5H,6H2,1-2H3,(H,14,17). The van der Waals surface area contributed by atoms with Gasteiger partial charge < -0.3 is 10.1 Å². The number of esters is 1. The number of nitrogens with zero attached hydrogens (tertiary/aromatic N) is 3. The summed E-state index contributed by atoms with van der Waals surface area (Å²) in [5.41, 5.74) is 0.310. The molecule has 2 heterocycles. The lowest BCUT2D eigenvalue weighted by molar-refractivity contribution is -0.385. The van der Waals surface area contributed by atoms with Crippen molar-refractivity contribution in [2.24, 2.45) is 0 Å². The van der Waals surface area contributed by atoms with Crippen LogP contribution in [0.25, 0.3) is 0 Å². The summed E-state index contributed by atoms with van der Waals surface area (Å²) in [5, 5.41) is 16.9. The van der Waals surface area contributed by atoms with Crippen LogP contribution >= 0.6 is 11.3 Å². The Bertz CT molecular complexity index is 736. The van der Waals surface area contributed by atoms with Crippen molar-refractivity contribution < 1.29 is 19.2 Å². The lowest BCUT2D eigenvalue weighted by Crippen LogP contribution is -2.19. The van der Waals surface area contributed by atoms with Crippen LogP contribution in [0.3, 0.4) is 0 Å². The van der Waals surface area contributed by atoms with Crippen molar-refractivity contribution in [3.8, 4) is 0 Å². The van der Waals surface area contributed by atoms with Crippen LogP contribution in [0.2, 0.25) is 0 Å². The summed E-state index contributed by atoms with van der Waals surface area (Å²) in [6, 6.07) is 1.52. The van der Waals surface area contributed by atoms with Gasteiger partial charge in [-0.3, -0.25) is 19.6 Å². The fourth-order valence-electron chi connectivity index (χ4n) is 1.68. The Morgan fingerprint density at radius 1 is 1.55 bits per heavy atom. The normalized spacial score (nSPS) is 10.3. The number of ether oxygens (including phenoxy) is 1. The molecule has 22 heavy (non-hydrogen) atoms. The van der Waals surface area contributed by atoms with Gasteiger partial charge in [-0.2, -0.15) is 5.10 Å². The molecule has 0 aliphatic carbocycles. The molecule has 2 rings (SSSR count). The molecule has 0 bridgehead atoms. The third-order valence-corrected chi connectivity index (χ3v) is 3.75. The molecule has 1 N–H and O–H groups in total. The number of hydrogen-bond donors (Lipinski definition) is 1. The minimum absolute atomic E-state index is 0.170. The van der Waals surface area contributed by atoms with Gasteiger partial charge in [-0.15, -0.1) is 11.3 Å². The van der Waals surface area contributed by atoms with E-state index in [-0.39, 0.29) is 12.2 Å². The van der Waals surface area contributed by atoms with E-state index in [2.05, 4.69) is 15.2 Å². The number of nitro groups is 1. The smallest absolute Gasteiger partial charge is 0.348 e. The fraction of sp³-hybridized carbons (Fsp3) is 0.250. The monoisotopic (exact) mass is 324 g/mol. The predicted molar refractivity (Wildman–Crippen MR) is 77.9 cm³/mol. The predicted octanol–water partition coefficient (Wildman–Crippen LogP) is 1.59. The quantitative estimate of drug-likeness (QED) is 0.507. The lowest BCUT2D eigenvalue weighted by atomic mass is 10.3. The van der Waals surface area contributed by atoms with E-state index in [9.17, 15) is 19.7 Å². The molecule has 0 spiro atoms. The molecule has 116 valence electrons. The highest BCUT2D eigenvalue weighted by atomic mass is 32.1. The minimum atomic E-state index is -0.590. The molecule has 10 heteroatoms. The van der Waals surface area contributed by atoms with Gasteiger partial charge in [-0.05, 0) is 13.0 Å². The summed E-state index contributed by atoms with van der Waals surface area (Å²) < 4.78 is 5.77. The van der Waals surface area contributed by atoms with Crippen molar-refractivity contribution in [1.29, 1.82) is 0 Å². The number of aryl methyl sites for hydroxylation is 1. The first kappa shape index (κ1) is 15.6. The number of amides is 1. The maximum Gasteiger partial charge on any atom is 0.348 e. The summed E-state index contributed by atoms with van der Waals surface area (Å²) in [6.07, 6.45) is 2.23. The van der Waals surface area contributed by atoms with Gasteiger partial charge in [-0.1, -0.05) is 0 Å². The van der Waals surface area contributed by atoms with Crippen molar-refractivity contribution in [2.75, 3.05) is 12.4 Å². The highest BCUT2D eigenvalue weighted by Crippen LogP contribution is 2.26.